The minimum Gasteiger partial charge on any atom is -0.373 e. The van der Waals surface area contributed by atoms with E-state index in [0.717, 1.165) is 4.90 Å². The van der Waals surface area contributed by atoms with Crippen LogP contribution in [0.1, 0.15) is 44.9 Å². The highest BCUT2D eigenvalue weighted by Crippen LogP contribution is 2.29. The third-order valence-electron chi connectivity index (χ3n) is 5.51. The van der Waals surface area contributed by atoms with E-state index in [1.165, 1.54) is 41.7 Å². The molecule has 4 rings (SSSR count). The third-order valence-corrected chi connectivity index (χ3v) is 7.35. The summed E-state index contributed by atoms with van der Waals surface area (Å²) in [6.07, 6.45) is -0.417. The quantitative estimate of drug-likeness (QED) is 0.703. The van der Waals surface area contributed by atoms with Crippen LogP contribution < -0.4 is 5.32 Å². The largest absolute Gasteiger partial charge is 0.373 e. The molecule has 0 saturated carbocycles. The monoisotopic (exact) mass is 457 g/mol. The van der Waals surface area contributed by atoms with Gasteiger partial charge in [-0.15, -0.1) is 0 Å². The number of benzene rings is 2. The molecule has 9 nitrogen and oxygen atoms in total. The molecule has 2 aliphatic heterocycles. The molecule has 1 N–H and O–H groups in total. The maximum absolute atomic E-state index is 13.0. The number of hydrogen-bond donors (Lipinski definition) is 1. The fourth-order valence-corrected chi connectivity index (χ4v) is 5.55. The van der Waals surface area contributed by atoms with Crippen molar-refractivity contribution in [1.82, 2.24) is 9.21 Å². The third kappa shape index (κ3) is 3.81. The molecule has 0 radical (unpaired) electrons. The van der Waals surface area contributed by atoms with Gasteiger partial charge in [-0.05, 0) is 50.2 Å². The average Bonchev–Trinajstić information content (AvgIpc) is 2.98. The lowest BCUT2D eigenvalue weighted by atomic mass is 10.1. The van der Waals surface area contributed by atoms with Crippen molar-refractivity contribution in [1.29, 1.82) is 0 Å². The molecule has 0 aliphatic carbocycles. The van der Waals surface area contributed by atoms with E-state index in [4.69, 9.17) is 4.74 Å². The van der Waals surface area contributed by atoms with E-state index in [1.807, 2.05) is 13.8 Å². The molecular formula is C22H23N3O6S. The van der Waals surface area contributed by atoms with E-state index >= 15 is 0 Å². The summed E-state index contributed by atoms with van der Waals surface area (Å²) in [6, 6.07) is 10.2. The Bertz CT molecular complexity index is 1200. The van der Waals surface area contributed by atoms with Crippen molar-refractivity contribution < 1.29 is 27.5 Å². The number of morpholine rings is 1. The zero-order valence-corrected chi connectivity index (χ0v) is 18.7. The zero-order valence-electron chi connectivity index (χ0n) is 17.9. The van der Waals surface area contributed by atoms with Crippen LogP contribution in [0.3, 0.4) is 0 Å². The van der Waals surface area contributed by atoms with Crippen LogP contribution in [0.25, 0.3) is 0 Å². The van der Waals surface area contributed by atoms with E-state index in [1.54, 1.807) is 12.1 Å². The number of imide groups is 1. The first kappa shape index (κ1) is 22.1. The molecule has 10 heteroatoms. The molecule has 2 unspecified atom stereocenters. The van der Waals surface area contributed by atoms with Crippen molar-refractivity contribution in [3.63, 3.8) is 0 Å². The summed E-state index contributed by atoms with van der Waals surface area (Å²) in [7, 11) is -2.34. The summed E-state index contributed by atoms with van der Waals surface area (Å²) in [6.45, 7) is 4.16. The summed E-state index contributed by atoms with van der Waals surface area (Å²) >= 11 is 0. The van der Waals surface area contributed by atoms with E-state index in [-0.39, 0.29) is 52.6 Å². The number of carbonyl (C=O) groups excluding carboxylic acids is 3. The summed E-state index contributed by atoms with van der Waals surface area (Å²) in [5.74, 6) is -1.44. The van der Waals surface area contributed by atoms with Gasteiger partial charge in [0.1, 0.15) is 0 Å². The van der Waals surface area contributed by atoms with Crippen molar-refractivity contribution in [3.05, 3.63) is 59.2 Å². The van der Waals surface area contributed by atoms with Crippen LogP contribution in [0.4, 0.5) is 5.69 Å². The second-order valence-corrected chi connectivity index (χ2v) is 9.89. The highest BCUT2D eigenvalue weighted by Gasteiger charge is 2.35. The van der Waals surface area contributed by atoms with Crippen LogP contribution in [0.5, 0.6) is 0 Å². The normalized spacial score (nSPS) is 21.5. The number of rotatable bonds is 4. The van der Waals surface area contributed by atoms with Gasteiger partial charge in [-0.1, -0.05) is 6.07 Å². The Labute approximate surface area is 186 Å². The van der Waals surface area contributed by atoms with Crippen LogP contribution in [-0.2, 0) is 14.8 Å². The van der Waals surface area contributed by atoms with Gasteiger partial charge < -0.3 is 10.1 Å². The molecular weight excluding hydrogens is 434 g/mol. The minimum absolute atomic E-state index is 0.0818. The number of hydrogen-bond acceptors (Lipinski definition) is 6. The molecule has 0 bridgehead atoms. The van der Waals surface area contributed by atoms with Crippen molar-refractivity contribution in [2.75, 3.05) is 25.5 Å². The molecule has 1 fully saturated rings. The smallest absolute Gasteiger partial charge is 0.263 e. The molecule has 2 aromatic rings. The van der Waals surface area contributed by atoms with Crippen LogP contribution in [-0.4, -0.2) is 67.7 Å². The van der Waals surface area contributed by atoms with Gasteiger partial charge in [0.2, 0.25) is 10.0 Å². The fraction of sp³-hybridized carbons (Fsp3) is 0.318. The Morgan fingerprint density at radius 2 is 1.62 bits per heavy atom. The van der Waals surface area contributed by atoms with Gasteiger partial charge in [0, 0.05) is 25.7 Å². The van der Waals surface area contributed by atoms with Gasteiger partial charge in [0.15, 0.2) is 0 Å². The molecule has 0 aromatic heterocycles. The Morgan fingerprint density at radius 3 is 2.25 bits per heavy atom. The number of ether oxygens (including phenoxy) is 1. The molecule has 2 atom stereocenters. The van der Waals surface area contributed by atoms with Gasteiger partial charge in [-0.25, -0.2) is 8.42 Å². The second-order valence-electron chi connectivity index (χ2n) is 7.96. The Morgan fingerprint density at radius 1 is 1.00 bits per heavy atom. The number of nitrogens with one attached hydrogen (secondary N) is 1. The number of nitrogens with zero attached hydrogens (tertiary/aromatic N) is 2. The maximum Gasteiger partial charge on any atom is 0.263 e. The van der Waals surface area contributed by atoms with Crippen molar-refractivity contribution in [3.8, 4) is 0 Å². The number of sulfonamides is 1. The topological polar surface area (TPSA) is 113 Å². The maximum atomic E-state index is 13.0. The van der Waals surface area contributed by atoms with Gasteiger partial charge in [-0.2, -0.15) is 4.31 Å². The Balaban J connectivity index is 1.54. The van der Waals surface area contributed by atoms with Gasteiger partial charge in [0.05, 0.1) is 33.9 Å². The molecule has 2 aromatic carbocycles. The van der Waals surface area contributed by atoms with Crippen LogP contribution >= 0.6 is 0 Å². The Hall–Kier alpha value is -3.08. The van der Waals surface area contributed by atoms with E-state index in [0.29, 0.717) is 0 Å². The fourth-order valence-electron chi connectivity index (χ4n) is 3.95. The Kier molecular flexibility index (Phi) is 5.61. The summed E-state index contributed by atoms with van der Waals surface area (Å²) < 4.78 is 32.9. The lowest BCUT2D eigenvalue weighted by molar-refractivity contribution is -0.0440. The highest BCUT2D eigenvalue weighted by atomic mass is 32.2. The first-order valence-corrected chi connectivity index (χ1v) is 11.6. The van der Waals surface area contributed by atoms with Crippen molar-refractivity contribution in [2.45, 2.75) is 31.0 Å². The molecule has 2 heterocycles. The lowest BCUT2D eigenvalue weighted by Gasteiger charge is -2.34. The molecule has 2 aliphatic rings. The lowest BCUT2D eigenvalue weighted by Crippen LogP contribution is -2.48. The summed E-state index contributed by atoms with van der Waals surface area (Å²) in [4.78, 5) is 38.3. The number of amides is 3. The van der Waals surface area contributed by atoms with Crippen molar-refractivity contribution >= 4 is 33.4 Å². The SMILES string of the molecule is CC1CN(S(=O)(=O)c2ccc(C(=O)Nc3cccc4c3C(=O)N(C)C4=O)cc2)CC(C)O1. The summed E-state index contributed by atoms with van der Waals surface area (Å²) in [5, 5.41) is 2.65. The van der Waals surface area contributed by atoms with Crippen LogP contribution in [0.2, 0.25) is 0 Å². The van der Waals surface area contributed by atoms with Gasteiger partial charge in [-0.3, -0.25) is 19.3 Å². The molecule has 168 valence electrons. The van der Waals surface area contributed by atoms with Crippen LogP contribution in [0.15, 0.2) is 47.4 Å². The molecule has 3 amide bonds. The predicted octanol–water partition coefficient (Wildman–Crippen LogP) is 1.96. The first-order valence-electron chi connectivity index (χ1n) is 10.1. The number of fused-ring (bicyclic) bond motifs is 1. The van der Waals surface area contributed by atoms with Crippen molar-refractivity contribution in [2.24, 2.45) is 0 Å². The number of carbonyl (C=O) groups is 3. The molecule has 32 heavy (non-hydrogen) atoms. The van der Waals surface area contributed by atoms with E-state index in [9.17, 15) is 22.8 Å². The minimum atomic E-state index is -3.72. The van der Waals surface area contributed by atoms with E-state index in [2.05, 4.69) is 5.32 Å². The average molecular weight is 458 g/mol. The molecule has 0 spiro atoms. The second kappa shape index (κ2) is 8.12. The standard InChI is InChI=1S/C22H23N3O6S/c1-13-11-25(12-14(2)31-13)32(29,30)16-9-7-15(8-10-16)20(26)23-18-6-4-5-17-19(18)22(28)24(3)21(17)27/h4-10,13-14H,11-12H2,1-3H3,(H,23,26). The van der Waals surface area contributed by atoms with Crippen LogP contribution in [0, 0.1) is 0 Å². The molecule has 1 saturated heterocycles. The summed E-state index contributed by atoms with van der Waals surface area (Å²) in [5.41, 5.74) is 0.812. The van der Waals surface area contributed by atoms with E-state index < -0.39 is 27.7 Å². The first-order chi connectivity index (χ1) is 15.1. The predicted molar refractivity (Wildman–Crippen MR) is 116 cm³/mol. The zero-order chi connectivity index (χ0) is 23.2. The number of anilines is 1. The highest BCUT2D eigenvalue weighted by molar-refractivity contribution is 7.89. The van der Waals surface area contributed by atoms with Gasteiger partial charge >= 0.3 is 0 Å². The van der Waals surface area contributed by atoms with Gasteiger partial charge in [0.25, 0.3) is 17.7 Å².